The molecule has 1 N–H and O–H groups in total. The van der Waals surface area contributed by atoms with E-state index < -0.39 is 5.97 Å². The van der Waals surface area contributed by atoms with Gasteiger partial charge in [-0.25, -0.2) is 4.79 Å². The van der Waals surface area contributed by atoms with Gasteiger partial charge in [0.25, 0.3) is 0 Å². The van der Waals surface area contributed by atoms with Crippen LogP contribution in [0, 0.1) is 5.92 Å². The first kappa shape index (κ1) is 11.6. The molecule has 5 nitrogen and oxygen atoms in total. The van der Waals surface area contributed by atoms with E-state index in [2.05, 4.69) is 6.58 Å². The summed E-state index contributed by atoms with van der Waals surface area (Å²) in [5, 5.41) is 8.59. The molecule has 1 aliphatic heterocycles. The highest BCUT2D eigenvalue weighted by Gasteiger charge is 2.28. The van der Waals surface area contributed by atoms with Gasteiger partial charge in [-0.15, -0.1) is 0 Å². The first-order valence-corrected chi connectivity index (χ1v) is 4.88. The SMILES string of the molecule is C=CCOC(=O)N1CCC(CC(=O)O)C1. The third-order valence-corrected chi connectivity index (χ3v) is 2.33. The predicted molar refractivity (Wildman–Crippen MR) is 53.5 cm³/mol. The molecule has 1 saturated heterocycles. The number of hydrogen-bond acceptors (Lipinski definition) is 3. The number of nitrogens with zero attached hydrogens (tertiary/aromatic N) is 1. The van der Waals surface area contributed by atoms with Crippen molar-refractivity contribution in [1.29, 1.82) is 0 Å². The lowest BCUT2D eigenvalue weighted by atomic mass is 10.1. The molecule has 0 aromatic heterocycles. The molecule has 1 unspecified atom stereocenters. The van der Waals surface area contributed by atoms with Gasteiger partial charge in [0.2, 0.25) is 0 Å². The van der Waals surface area contributed by atoms with Crippen LogP contribution in [0.25, 0.3) is 0 Å². The number of rotatable bonds is 4. The van der Waals surface area contributed by atoms with Crippen LogP contribution in [-0.4, -0.2) is 41.8 Å². The lowest BCUT2D eigenvalue weighted by Crippen LogP contribution is -2.29. The average Bonchev–Trinajstić information content (AvgIpc) is 2.61. The van der Waals surface area contributed by atoms with Crippen molar-refractivity contribution in [1.82, 2.24) is 4.90 Å². The van der Waals surface area contributed by atoms with E-state index in [-0.39, 0.29) is 25.0 Å². The van der Waals surface area contributed by atoms with Gasteiger partial charge in [-0.1, -0.05) is 12.7 Å². The summed E-state index contributed by atoms with van der Waals surface area (Å²) in [5.74, 6) is -0.764. The molecule has 84 valence electrons. The van der Waals surface area contributed by atoms with E-state index in [1.165, 1.54) is 11.0 Å². The summed E-state index contributed by atoms with van der Waals surface area (Å²) < 4.78 is 4.85. The zero-order valence-corrected chi connectivity index (χ0v) is 8.52. The Kier molecular flexibility index (Phi) is 4.15. The Bertz CT molecular complexity index is 264. The predicted octanol–water partition coefficient (Wildman–Crippen LogP) is 1.11. The first-order chi connectivity index (χ1) is 7.13. The molecule has 0 bridgehead atoms. The molecule has 1 atom stereocenters. The molecule has 0 aromatic rings. The van der Waals surface area contributed by atoms with Crippen molar-refractivity contribution >= 4 is 12.1 Å². The second kappa shape index (κ2) is 5.38. The summed E-state index contributed by atoms with van der Waals surface area (Å²) in [7, 11) is 0. The van der Waals surface area contributed by atoms with Crippen LogP contribution in [0.4, 0.5) is 4.79 Å². The second-order valence-corrected chi connectivity index (χ2v) is 3.56. The number of amides is 1. The molecule has 1 rings (SSSR count). The lowest BCUT2D eigenvalue weighted by Gasteiger charge is -2.15. The zero-order valence-electron chi connectivity index (χ0n) is 8.52. The van der Waals surface area contributed by atoms with Crippen molar-refractivity contribution < 1.29 is 19.4 Å². The molecule has 1 fully saturated rings. The summed E-state index contributed by atoms with van der Waals surface area (Å²) in [4.78, 5) is 23.3. The van der Waals surface area contributed by atoms with Crippen molar-refractivity contribution in [2.45, 2.75) is 12.8 Å². The number of carboxylic acid groups (broad SMARTS) is 1. The van der Waals surface area contributed by atoms with Crippen molar-refractivity contribution in [3.05, 3.63) is 12.7 Å². The second-order valence-electron chi connectivity index (χ2n) is 3.56. The molecule has 1 heterocycles. The van der Waals surface area contributed by atoms with Crippen molar-refractivity contribution in [2.75, 3.05) is 19.7 Å². The first-order valence-electron chi connectivity index (χ1n) is 4.88. The quantitative estimate of drug-likeness (QED) is 0.710. The fourth-order valence-corrected chi connectivity index (χ4v) is 1.63. The van der Waals surface area contributed by atoms with E-state index in [0.717, 1.165) is 6.42 Å². The topological polar surface area (TPSA) is 66.8 Å². The Morgan fingerprint density at radius 2 is 2.33 bits per heavy atom. The van der Waals surface area contributed by atoms with Crippen molar-refractivity contribution in [3.8, 4) is 0 Å². The van der Waals surface area contributed by atoms with Crippen LogP contribution >= 0.6 is 0 Å². The van der Waals surface area contributed by atoms with Gasteiger partial charge < -0.3 is 14.7 Å². The smallest absolute Gasteiger partial charge is 0.410 e. The van der Waals surface area contributed by atoms with Gasteiger partial charge in [0.05, 0.1) is 0 Å². The molecule has 0 aromatic carbocycles. The average molecular weight is 213 g/mol. The van der Waals surface area contributed by atoms with Crippen LogP contribution in [0.2, 0.25) is 0 Å². The highest BCUT2D eigenvalue weighted by molar-refractivity contribution is 5.69. The fraction of sp³-hybridized carbons (Fsp3) is 0.600. The largest absolute Gasteiger partial charge is 0.481 e. The van der Waals surface area contributed by atoms with Crippen molar-refractivity contribution in [3.63, 3.8) is 0 Å². The molecule has 15 heavy (non-hydrogen) atoms. The van der Waals surface area contributed by atoms with E-state index in [1.54, 1.807) is 0 Å². The maximum absolute atomic E-state index is 11.3. The summed E-state index contributed by atoms with van der Waals surface area (Å²) in [6.07, 6.45) is 1.96. The third-order valence-electron chi connectivity index (χ3n) is 2.33. The van der Waals surface area contributed by atoms with Crippen LogP contribution in [-0.2, 0) is 9.53 Å². The maximum atomic E-state index is 11.3. The highest BCUT2D eigenvalue weighted by Crippen LogP contribution is 2.19. The number of carbonyl (C=O) groups excluding carboxylic acids is 1. The Labute approximate surface area is 88.3 Å². The molecule has 1 aliphatic rings. The lowest BCUT2D eigenvalue weighted by molar-refractivity contribution is -0.138. The molecular weight excluding hydrogens is 198 g/mol. The van der Waals surface area contributed by atoms with Gasteiger partial charge in [0, 0.05) is 19.5 Å². The van der Waals surface area contributed by atoms with Crippen LogP contribution in [0.3, 0.4) is 0 Å². The minimum atomic E-state index is -0.818. The molecule has 0 radical (unpaired) electrons. The van der Waals surface area contributed by atoms with E-state index in [4.69, 9.17) is 9.84 Å². The Balaban J connectivity index is 2.31. The summed E-state index contributed by atoms with van der Waals surface area (Å²) in [6, 6.07) is 0. The van der Waals surface area contributed by atoms with E-state index in [1.807, 2.05) is 0 Å². The van der Waals surface area contributed by atoms with E-state index in [9.17, 15) is 9.59 Å². The number of likely N-dealkylation sites (tertiary alicyclic amines) is 1. The Hall–Kier alpha value is -1.52. The highest BCUT2D eigenvalue weighted by atomic mass is 16.6. The minimum absolute atomic E-state index is 0.0544. The van der Waals surface area contributed by atoms with Crippen molar-refractivity contribution in [2.24, 2.45) is 5.92 Å². The van der Waals surface area contributed by atoms with Crippen LogP contribution in [0.5, 0.6) is 0 Å². The monoisotopic (exact) mass is 213 g/mol. The molecule has 1 amide bonds. The summed E-state index contributed by atoms with van der Waals surface area (Å²) >= 11 is 0. The van der Waals surface area contributed by atoms with E-state index >= 15 is 0 Å². The zero-order chi connectivity index (χ0) is 11.3. The molecule has 0 saturated carbocycles. The summed E-state index contributed by atoms with van der Waals surface area (Å²) in [6.45, 7) is 4.69. The van der Waals surface area contributed by atoms with E-state index in [0.29, 0.717) is 13.1 Å². The Morgan fingerprint density at radius 3 is 2.93 bits per heavy atom. The van der Waals surface area contributed by atoms with Gasteiger partial charge in [0.15, 0.2) is 0 Å². The molecule has 0 spiro atoms. The normalized spacial score (nSPS) is 20.0. The maximum Gasteiger partial charge on any atom is 0.410 e. The Morgan fingerprint density at radius 1 is 1.60 bits per heavy atom. The molecule has 0 aliphatic carbocycles. The number of aliphatic carboxylic acids is 1. The summed E-state index contributed by atoms with van der Waals surface area (Å²) in [5.41, 5.74) is 0. The number of carboxylic acids is 1. The molecular formula is C10H15NO4. The van der Waals surface area contributed by atoms with Gasteiger partial charge in [0.1, 0.15) is 6.61 Å². The van der Waals surface area contributed by atoms with Crippen LogP contribution in [0.15, 0.2) is 12.7 Å². The van der Waals surface area contributed by atoms with Gasteiger partial charge in [-0.3, -0.25) is 4.79 Å². The van der Waals surface area contributed by atoms with Crippen LogP contribution < -0.4 is 0 Å². The number of hydrogen-bond donors (Lipinski definition) is 1. The van der Waals surface area contributed by atoms with Gasteiger partial charge in [-0.05, 0) is 12.3 Å². The van der Waals surface area contributed by atoms with Gasteiger partial charge >= 0.3 is 12.1 Å². The van der Waals surface area contributed by atoms with Gasteiger partial charge in [-0.2, -0.15) is 0 Å². The molecule has 5 heteroatoms. The minimum Gasteiger partial charge on any atom is -0.481 e. The standard InChI is InChI=1S/C10H15NO4/c1-2-5-15-10(14)11-4-3-8(7-11)6-9(12)13/h2,8H,1,3-7H2,(H,12,13). The number of ether oxygens (including phenoxy) is 1. The number of carbonyl (C=O) groups is 2. The third kappa shape index (κ3) is 3.61. The van der Waals surface area contributed by atoms with Crippen LogP contribution in [0.1, 0.15) is 12.8 Å². The fourth-order valence-electron chi connectivity index (χ4n) is 1.63.